The summed E-state index contributed by atoms with van der Waals surface area (Å²) in [6.45, 7) is 0.469. The van der Waals surface area contributed by atoms with Crippen molar-refractivity contribution in [1.82, 2.24) is 20.2 Å². The number of nitriles is 1. The van der Waals surface area contributed by atoms with Crippen molar-refractivity contribution in [1.29, 1.82) is 5.26 Å². The van der Waals surface area contributed by atoms with Crippen molar-refractivity contribution in [2.24, 2.45) is 0 Å². The highest BCUT2D eigenvalue weighted by Crippen LogP contribution is 2.32. The number of hydrazine groups is 1. The number of carbonyl (C=O) groups is 4. The van der Waals surface area contributed by atoms with E-state index in [9.17, 15) is 34.7 Å². The molecule has 0 radical (unpaired) electrons. The number of urea groups is 1. The monoisotopic (exact) mass is 445 g/mol. The molecule has 3 rings (SSSR count). The van der Waals surface area contributed by atoms with Crippen molar-refractivity contribution in [3.05, 3.63) is 35.9 Å². The maximum atomic E-state index is 13.4. The lowest BCUT2D eigenvalue weighted by Gasteiger charge is -2.49. The smallest absolute Gasteiger partial charge is 0.426 e. The molecule has 12 heteroatoms. The van der Waals surface area contributed by atoms with Crippen molar-refractivity contribution >= 4 is 24.0 Å². The van der Waals surface area contributed by atoms with E-state index in [1.165, 1.54) is 4.90 Å². The van der Waals surface area contributed by atoms with Gasteiger partial charge in [0.1, 0.15) is 6.04 Å². The Labute approximate surface area is 183 Å². The number of carboxylic acid groups (broad SMARTS) is 2. The van der Waals surface area contributed by atoms with Gasteiger partial charge in [0.05, 0.1) is 19.3 Å². The molecule has 2 aliphatic rings. The molecular weight excluding hydrogens is 422 g/mol. The Morgan fingerprint density at radius 3 is 2.31 bits per heavy atom. The van der Waals surface area contributed by atoms with E-state index >= 15 is 0 Å². The molecule has 3 N–H and O–H groups in total. The van der Waals surface area contributed by atoms with Crippen LogP contribution in [0, 0.1) is 11.3 Å². The third kappa shape index (κ3) is 4.15. The van der Waals surface area contributed by atoms with E-state index in [-0.39, 0.29) is 45.7 Å². The zero-order valence-corrected chi connectivity index (χ0v) is 17.1. The van der Waals surface area contributed by atoms with Gasteiger partial charge in [0.2, 0.25) is 5.54 Å². The summed E-state index contributed by atoms with van der Waals surface area (Å²) in [5, 5.41) is 32.8. The maximum absolute atomic E-state index is 13.4. The fourth-order valence-electron chi connectivity index (χ4n) is 3.82. The summed E-state index contributed by atoms with van der Waals surface area (Å²) in [5.41, 5.74) is -2.13. The highest BCUT2D eigenvalue weighted by atomic mass is 16.5. The molecule has 0 saturated carbocycles. The highest BCUT2D eigenvalue weighted by Gasteiger charge is 2.59. The van der Waals surface area contributed by atoms with E-state index in [4.69, 9.17) is 4.74 Å². The molecular formula is C20H23N5O7. The summed E-state index contributed by atoms with van der Waals surface area (Å²) in [6.07, 6.45) is -1.85. The van der Waals surface area contributed by atoms with Crippen LogP contribution in [-0.4, -0.2) is 87.5 Å². The van der Waals surface area contributed by atoms with Crippen LogP contribution < -0.4 is 5.32 Å². The number of hydrogen-bond donors (Lipinski definition) is 3. The molecule has 2 fully saturated rings. The second kappa shape index (κ2) is 9.52. The number of benzene rings is 1. The topological polar surface area (TPSA) is 164 Å². The van der Waals surface area contributed by atoms with Gasteiger partial charge in [-0.15, -0.1) is 0 Å². The first-order chi connectivity index (χ1) is 15.3. The quantitative estimate of drug-likeness (QED) is 0.568. The lowest BCUT2D eigenvalue weighted by atomic mass is 9.88. The van der Waals surface area contributed by atoms with Crippen LogP contribution >= 0.6 is 0 Å². The zero-order valence-electron chi connectivity index (χ0n) is 17.1. The Morgan fingerprint density at radius 1 is 1.09 bits per heavy atom. The number of ether oxygens (including phenoxy) is 1. The second-order valence-corrected chi connectivity index (χ2v) is 7.31. The van der Waals surface area contributed by atoms with E-state index in [2.05, 4.69) is 5.32 Å². The second-order valence-electron chi connectivity index (χ2n) is 7.31. The SMILES string of the molecule is N#CC(NC(=O)[C@]1(C(=O)O)CCCN(C(=O)O)N1C(=O)N1CCOCC1)c1ccccc1. The summed E-state index contributed by atoms with van der Waals surface area (Å²) in [4.78, 5) is 52.3. The number of aliphatic carboxylic acids is 1. The van der Waals surface area contributed by atoms with Crippen molar-refractivity contribution in [2.75, 3.05) is 32.8 Å². The Morgan fingerprint density at radius 2 is 1.75 bits per heavy atom. The average Bonchev–Trinajstić information content (AvgIpc) is 2.82. The van der Waals surface area contributed by atoms with Crippen molar-refractivity contribution < 1.29 is 34.1 Å². The van der Waals surface area contributed by atoms with Gasteiger partial charge >= 0.3 is 18.1 Å². The molecule has 1 aromatic rings. The number of nitrogens with one attached hydrogen (secondary N) is 1. The molecule has 170 valence electrons. The number of carbonyl (C=O) groups excluding carboxylic acids is 2. The van der Waals surface area contributed by atoms with Crippen LogP contribution in [0.25, 0.3) is 0 Å². The summed E-state index contributed by atoms with van der Waals surface area (Å²) >= 11 is 0. The predicted octanol–water partition coefficient (Wildman–Crippen LogP) is 0.634. The van der Waals surface area contributed by atoms with Crippen LogP contribution in [0.2, 0.25) is 0 Å². The van der Waals surface area contributed by atoms with Crippen LogP contribution in [0.5, 0.6) is 0 Å². The summed E-state index contributed by atoms with van der Waals surface area (Å²) < 4.78 is 5.20. The summed E-state index contributed by atoms with van der Waals surface area (Å²) in [7, 11) is 0. The van der Waals surface area contributed by atoms with Gasteiger partial charge in [0.15, 0.2) is 0 Å². The van der Waals surface area contributed by atoms with Gasteiger partial charge in [-0.3, -0.25) is 4.79 Å². The number of carboxylic acids is 1. The lowest BCUT2D eigenvalue weighted by Crippen LogP contribution is -2.74. The fourth-order valence-corrected chi connectivity index (χ4v) is 3.82. The Kier molecular flexibility index (Phi) is 6.79. The standard InChI is InChI=1S/C20H23N5O7/c21-13-15(14-5-2-1-3-6-14)22-16(26)20(17(27)28)7-4-8-24(19(30)31)25(20)18(29)23-9-11-32-12-10-23/h1-3,5-6,15H,4,7-12H2,(H,22,26)(H,27,28)(H,30,31)/t15?,20-/m0/s1. The minimum atomic E-state index is -2.55. The third-order valence-corrected chi connectivity index (χ3v) is 5.46. The first-order valence-electron chi connectivity index (χ1n) is 9.99. The highest BCUT2D eigenvalue weighted by molar-refractivity contribution is 6.09. The third-order valence-electron chi connectivity index (χ3n) is 5.46. The number of rotatable bonds is 4. The normalized spacial score (nSPS) is 21.9. The Balaban J connectivity index is 2.01. The molecule has 0 spiro atoms. The van der Waals surface area contributed by atoms with Gasteiger partial charge in [-0.1, -0.05) is 30.3 Å². The largest absolute Gasteiger partial charge is 0.479 e. The number of hydrogen-bond acceptors (Lipinski definition) is 6. The summed E-state index contributed by atoms with van der Waals surface area (Å²) in [5.74, 6) is -2.83. The Bertz CT molecular complexity index is 928. The predicted molar refractivity (Wildman–Crippen MR) is 107 cm³/mol. The van der Waals surface area contributed by atoms with Gasteiger partial charge < -0.3 is 25.2 Å². The molecule has 32 heavy (non-hydrogen) atoms. The van der Waals surface area contributed by atoms with Crippen LogP contribution in [0.4, 0.5) is 9.59 Å². The van der Waals surface area contributed by atoms with E-state index in [0.29, 0.717) is 15.6 Å². The maximum Gasteiger partial charge on any atom is 0.426 e. The van der Waals surface area contributed by atoms with E-state index in [1.807, 2.05) is 6.07 Å². The first kappa shape index (κ1) is 22.8. The molecule has 2 heterocycles. The van der Waals surface area contributed by atoms with Crippen LogP contribution in [0.3, 0.4) is 0 Å². The van der Waals surface area contributed by atoms with Crippen LogP contribution in [0.15, 0.2) is 30.3 Å². The van der Waals surface area contributed by atoms with Gasteiger partial charge in [-0.05, 0) is 18.4 Å². The number of nitrogens with zero attached hydrogens (tertiary/aromatic N) is 4. The molecule has 1 unspecified atom stereocenters. The van der Waals surface area contributed by atoms with Gasteiger partial charge in [0.25, 0.3) is 5.91 Å². The lowest BCUT2D eigenvalue weighted by molar-refractivity contribution is -0.174. The molecule has 0 aromatic heterocycles. The number of amides is 4. The Hall–Kier alpha value is -3.85. The minimum absolute atomic E-state index is 0.0292. The average molecular weight is 445 g/mol. The van der Waals surface area contributed by atoms with Crippen LogP contribution in [-0.2, 0) is 14.3 Å². The molecule has 0 bridgehead atoms. The van der Waals surface area contributed by atoms with E-state index < -0.39 is 35.6 Å². The summed E-state index contributed by atoms with van der Waals surface area (Å²) in [6, 6.07) is 7.97. The molecule has 2 aliphatic heterocycles. The van der Waals surface area contributed by atoms with E-state index in [0.717, 1.165) is 0 Å². The minimum Gasteiger partial charge on any atom is -0.479 e. The first-order valence-corrected chi connectivity index (χ1v) is 9.99. The molecule has 4 amide bonds. The fraction of sp³-hybridized carbons (Fsp3) is 0.450. The molecule has 1 aromatic carbocycles. The number of morpholine rings is 1. The van der Waals surface area contributed by atoms with Crippen molar-refractivity contribution in [3.8, 4) is 6.07 Å². The molecule has 12 nitrogen and oxygen atoms in total. The van der Waals surface area contributed by atoms with Gasteiger partial charge in [-0.2, -0.15) is 5.26 Å². The molecule has 2 saturated heterocycles. The van der Waals surface area contributed by atoms with Gasteiger partial charge in [-0.25, -0.2) is 24.4 Å². The van der Waals surface area contributed by atoms with Crippen molar-refractivity contribution in [2.45, 2.75) is 24.4 Å². The van der Waals surface area contributed by atoms with Crippen LogP contribution in [0.1, 0.15) is 24.4 Å². The van der Waals surface area contributed by atoms with Crippen molar-refractivity contribution in [3.63, 3.8) is 0 Å². The zero-order chi connectivity index (χ0) is 23.3. The van der Waals surface area contributed by atoms with E-state index in [1.54, 1.807) is 30.3 Å². The molecule has 0 aliphatic carbocycles. The van der Waals surface area contributed by atoms with Gasteiger partial charge in [0, 0.05) is 19.6 Å². The molecule has 2 atom stereocenters.